The van der Waals surface area contributed by atoms with Crippen molar-refractivity contribution in [3.05, 3.63) is 101 Å². The molecule has 0 saturated carbocycles. The smallest absolute Gasteiger partial charge is 0.162 e. The maximum absolute atomic E-state index is 12.2. The second kappa shape index (κ2) is 14.2. The molecule has 5 aromatic rings. The molecule has 0 amide bonds. The number of nitrogens with zero attached hydrogens (tertiary/aromatic N) is 2. The van der Waals surface area contributed by atoms with E-state index in [-0.39, 0.29) is 5.78 Å². The van der Waals surface area contributed by atoms with Gasteiger partial charge in [0.25, 0.3) is 0 Å². The van der Waals surface area contributed by atoms with Crippen molar-refractivity contribution in [3.8, 4) is 11.1 Å². The van der Waals surface area contributed by atoms with Gasteiger partial charge in [0.2, 0.25) is 0 Å². The molecular weight excluding hydrogens is 532 g/mol. The third-order valence-corrected chi connectivity index (χ3v) is 7.43. The van der Waals surface area contributed by atoms with E-state index in [0.717, 1.165) is 81.7 Å². The Labute approximate surface area is 246 Å². The molecule has 41 heavy (non-hydrogen) atoms. The van der Waals surface area contributed by atoms with Crippen LogP contribution in [0, 0.1) is 0 Å². The highest BCUT2D eigenvalue weighted by Gasteiger charge is 2.11. The maximum atomic E-state index is 12.2. The molecule has 0 radical (unpaired) electrons. The summed E-state index contributed by atoms with van der Waals surface area (Å²) in [6, 6.07) is 24.1. The van der Waals surface area contributed by atoms with Crippen LogP contribution in [0.25, 0.3) is 32.8 Å². The van der Waals surface area contributed by atoms with Crippen LogP contribution in [0.3, 0.4) is 0 Å². The van der Waals surface area contributed by atoms with E-state index in [1.807, 2.05) is 61.7 Å². The molecule has 0 fully saturated rings. The number of carbonyl (C=O) groups is 1. The Kier molecular flexibility index (Phi) is 9.91. The molecule has 0 aliphatic heterocycles. The van der Waals surface area contributed by atoms with E-state index in [4.69, 9.17) is 21.3 Å². The number of halogens is 1. The molecule has 0 spiro atoms. The molecule has 0 bridgehead atoms. The van der Waals surface area contributed by atoms with Crippen LogP contribution in [0.15, 0.2) is 85.2 Å². The highest BCUT2D eigenvalue weighted by Crippen LogP contribution is 2.30. The second-order valence-electron chi connectivity index (χ2n) is 9.99. The highest BCUT2D eigenvalue weighted by molar-refractivity contribution is 6.33. The molecule has 210 valence electrons. The number of anilines is 1. The molecule has 6 nitrogen and oxygen atoms in total. The first-order chi connectivity index (χ1) is 20.1. The van der Waals surface area contributed by atoms with Crippen molar-refractivity contribution in [3.63, 3.8) is 0 Å². The van der Waals surface area contributed by atoms with Crippen LogP contribution >= 0.6 is 11.6 Å². The first kappa shape index (κ1) is 28.7. The number of benzene rings is 3. The minimum absolute atomic E-state index is 0.117. The number of hydrogen-bond donors (Lipinski definition) is 2. The third kappa shape index (κ3) is 7.27. The Morgan fingerprint density at radius 3 is 2.61 bits per heavy atom. The fourth-order valence-electron chi connectivity index (χ4n) is 4.90. The summed E-state index contributed by atoms with van der Waals surface area (Å²) in [5.41, 5.74) is 4.82. The fraction of sp³-hybridized carbons (Fsp3) is 0.265. The summed E-state index contributed by atoms with van der Waals surface area (Å²) < 4.78 is 5.83. The van der Waals surface area contributed by atoms with Gasteiger partial charge in [-0.1, -0.05) is 73.1 Å². The number of carbonyl (C=O) groups excluding carboxylic acids is 1. The number of unbranched alkanes of at least 4 members (excludes halogenated alkanes) is 1. The molecule has 0 atom stereocenters. The molecule has 0 saturated heterocycles. The average Bonchev–Trinajstić information content (AvgIpc) is 3.01. The van der Waals surface area contributed by atoms with Gasteiger partial charge in [0, 0.05) is 77.4 Å². The number of Topliss-reactive ketones (excluding diaryl/α,β-unsaturated/α-hetero) is 1. The first-order valence-corrected chi connectivity index (χ1v) is 14.6. The molecule has 7 heteroatoms. The topological polar surface area (TPSA) is 76.1 Å². The summed E-state index contributed by atoms with van der Waals surface area (Å²) >= 11 is 6.53. The van der Waals surface area contributed by atoms with Crippen molar-refractivity contribution < 1.29 is 9.53 Å². The van der Waals surface area contributed by atoms with E-state index in [1.165, 1.54) is 0 Å². The summed E-state index contributed by atoms with van der Waals surface area (Å²) in [4.78, 5) is 21.4. The van der Waals surface area contributed by atoms with Crippen LogP contribution in [0.1, 0.15) is 42.1 Å². The SMILES string of the molecule is CCC(=O)c1ccc2c(c1)nc(NCCCCOCCNCc1ccc(-c3ccccc3)c(Cl)c1)c1ccncc12. The number of ether oxygens (including phenoxy) is 1. The molecule has 0 unspecified atom stereocenters. The number of fused-ring (bicyclic) bond motifs is 3. The van der Waals surface area contributed by atoms with E-state index in [1.54, 1.807) is 6.20 Å². The van der Waals surface area contributed by atoms with Gasteiger partial charge in [-0.25, -0.2) is 4.98 Å². The van der Waals surface area contributed by atoms with Crippen molar-refractivity contribution in [2.75, 3.05) is 31.6 Å². The number of ketones is 1. The minimum Gasteiger partial charge on any atom is -0.380 e. The summed E-state index contributed by atoms with van der Waals surface area (Å²) in [6.07, 6.45) is 6.03. The first-order valence-electron chi connectivity index (χ1n) is 14.2. The summed E-state index contributed by atoms with van der Waals surface area (Å²) in [7, 11) is 0. The van der Waals surface area contributed by atoms with E-state index in [2.05, 4.69) is 39.9 Å². The molecule has 2 heterocycles. The van der Waals surface area contributed by atoms with E-state index < -0.39 is 0 Å². The Morgan fingerprint density at radius 1 is 0.902 bits per heavy atom. The zero-order chi connectivity index (χ0) is 28.4. The largest absolute Gasteiger partial charge is 0.380 e. The van der Waals surface area contributed by atoms with Gasteiger partial charge < -0.3 is 15.4 Å². The van der Waals surface area contributed by atoms with Gasteiger partial charge in [-0.3, -0.25) is 9.78 Å². The van der Waals surface area contributed by atoms with E-state index in [9.17, 15) is 4.79 Å². The van der Waals surface area contributed by atoms with Crippen molar-refractivity contribution in [2.24, 2.45) is 0 Å². The number of pyridine rings is 2. The summed E-state index contributed by atoms with van der Waals surface area (Å²) in [6.45, 7) is 5.55. The number of nitrogens with one attached hydrogen (secondary N) is 2. The van der Waals surface area contributed by atoms with Gasteiger partial charge in [0.1, 0.15) is 5.82 Å². The van der Waals surface area contributed by atoms with Crippen molar-refractivity contribution in [2.45, 2.75) is 32.7 Å². The molecule has 5 rings (SSSR count). The third-order valence-electron chi connectivity index (χ3n) is 7.12. The maximum Gasteiger partial charge on any atom is 0.162 e. The van der Waals surface area contributed by atoms with Crippen molar-refractivity contribution in [1.82, 2.24) is 15.3 Å². The molecular formula is C34H35ClN4O2. The molecule has 2 N–H and O–H groups in total. The quantitative estimate of drug-likeness (QED) is 0.0815. The van der Waals surface area contributed by atoms with Gasteiger partial charge in [-0.15, -0.1) is 0 Å². The van der Waals surface area contributed by atoms with E-state index in [0.29, 0.717) is 25.2 Å². The lowest BCUT2D eigenvalue weighted by atomic mass is 10.0. The lowest BCUT2D eigenvalue weighted by Gasteiger charge is -2.12. The van der Waals surface area contributed by atoms with Gasteiger partial charge in [-0.05, 0) is 42.2 Å². The van der Waals surface area contributed by atoms with Gasteiger partial charge in [0.05, 0.1) is 12.1 Å². The van der Waals surface area contributed by atoms with Crippen LogP contribution in [-0.4, -0.2) is 42.1 Å². The highest BCUT2D eigenvalue weighted by atomic mass is 35.5. The molecule has 3 aromatic carbocycles. The predicted molar refractivity (Wildman–Crippen MR) is 169 cm³/mol. The Balaban J connectivity index is 1.03. The predicted octanol–water partition coefficient (Wildman–Crippen LogP) is 7.69. The average molecular weight is 567 g/mol. The Hall–Kier alpha value is -3.84. The lowest BCUT2D eigenvalue weighted by Crippen LogP contribution is -2.19. The number of hydrogen-bond acceptors (Lipinski definition) is 6. The summed E-state index contributed by atoms with van der Waals surface area (Å²) in [5.74, 6) is 0.935. The molecule has 0 aliphatic rings. The van der Waals surface area contributed by atoms with E-state index >= 15 is 0 Å². The van der Waals surface area contributed by atoms with Crippen LogP contribution in [0.2, 0.25) is 5.02 Å². The number of aromatic nitrogens is 2. The van der Waals surface area contributed by atoms with Crippen LogP contribution in [0.4, 0.5) is 5.82 Å². The minimum atomic E-state index is 0.117. The monoisotopic (exact) mass is 566 g/mol. The fourth-order valence-corrected chi connectivity index (χ4v) is 5.21. The van der Waals surface area contributed by atoms with Gasteiger partial charge in [0.15, 0.2) is 5.78 Å². The summed E-state index contributed by atoms with van der Waals surface area (Å²) in [5, 5.41) is 10.7. The van der Waals surface area contributed by atoms with Crippen molar-refractivity contribution >= 4 is 44.9 Å². The van der Waals surface area contributed by atoms with Crippen LogP contribution < -0.4 is 10.6 Å². The molecule has 0 aliphatic carbocycles. The second-order valence-corrected chi connectivity index (χ2v) is 10.4. The Bertz CT molecular complexity index is 1620. The van der Waals surface area contributed by atoms with Crippen LogP contribution in [-0.2, 0) is 11.3 Å². The Morgan fingerprint density at radius 2 is 1.78 bits per heavy atom. The van der Waals surface area contributed by atoms with Gasteiger partial charge in [-0.2, -0.15) is 0 Å². The lowest BCUT2D eigenvalue weighted by molar-refractivity contribution is 0.0988. The normalized spacial score (nSPS) is 11.3. The zero-order valence-corrected chi connectivity index (χ0v) is 24.1. The zero-order valence-electron chi connectivity index (χ0n) is 23.3. The number of rotatable bonds is 14. The molecule has 2 aromatic heterocycles. The van der Waals surface area contributed by atoms with Crippen molar-refractivity contribution in [1.29, 1.82) is 0 Å². The van der Waals surface area contributed by atoms with Crippen LogP contribution in [0.5, 0.6) is 0 Å². The van der Waals surface area contributed by atoms with Gasteiger partial charge >= 0.3 is 0 Å². The standard InChI is InChI=1S/C34H35ClN4O2/c1-2-33(40)26-11-13-28-30-23-36-16-14-29(30)34(39-32(28)21-26)38-15-6-7-18-41-19-17-37-22-24-10-12-27(31(35)20-24)25-8-4-3-5-9-25/h3-5,8-14,16,20-21,23,37H,2,6-7,15,17-19,22H2,1H3,(H,38,39).